The van der Waals surface area contributed by atoms with Gasteiger partial charge >= 0.3 is 0 Å². The van der Waals surface area contributed by atoms with Crippen molar-refractivity contribution in [2.45, 2.75) is 19.4 Å². The predicted molar refractivity (Wildman–Crippen MR) is 53.2 cm³/mol. The molecule has 2 atom stereocenters. The number of methoxy groups -OCH3 is 1. The Labute approximate surface area is 83.4 Å². The third kappa shape index (κ3) is 2.13. The molecule has 0 aliphatic heterocycles. The van der Waals surface area contributed by atoms with Crippen LogP contribution in [-0.4, -0.2) is 24.3 Å². The number of ether oxygens (including phenoxy) is 1. The van der Waals surface area contributed by atoms with Gasteiger partial charge in [0.05, 0.1) is 13.2 Å². The summed E-state index contributed by atoms with van der Waals surface area (Å²) in [5.41, 5.74) is 0.443. The highest BCUT2D eigenvalue weighted by Crippen LogP contribution is 2.24. The lowest BCUT2D eigenvalue weighted by Crippen LogP contribution is -2.21. The van der Waals surface area contributed by atoms with Gasteiger partial charge in [-0.05, 0) is 18.6 Å². The highest BCUT2D eigenvalue weighted by molar-refractivity contribution is 5.61. The van der Waals surface area contributed by atoms with Gasteiger partial charge in [0, 0.05) is 11.5 Å². The molecule has 0 saturated carbocycles. The van der Waals surface area contributed by atoms with Crippen LogP contribution in [0.4, 0.5) is 0 Å². The van der Waals surface area contributed by atoms with Crippen molar-refractivity contribution in [3.63, 3.8) is 0 Å². The van der Waals surface area contributed by atoms with Crippen molar-refractivity contribution in [3.8, 4) is 0 Å². The van der Waals surface area contributed by atoms with Crippen LogP contribution in [0.2, 0.25) is 0 Å². The van der Waals surface area contributed by atoms with E-state index in [0.717, 1.165) is 0 Å². The molecular formula is C11H14O3. The Morgan fingerprint density at radius 2 is 2.43 bits per heavy atom. The number of allylic oxidation sites excluding steroid dienone is 2. The number of carbonyl (C=O) groups excluding carboxylic acids is 1. The molecule has 1 aliphatic carbocycles. The van der Waals surface area contributed by atoms with Crippen molar-refractivity contribution in [1.29, 1.82) is 0 Å². The zero-order valence-corrected chi connectivity index (χ0v) is 8.36. The molecule has 0 heterocycles. The fraction of sp³-hybridized carbons (Fsp3) is 0.455. The van der Waals surface area contributed by atoms with Crippen LogP contribution in [0.25, 0.3) is 0 Å². The lowest BCUT2D eigenvalue weighted by molar-refractivity contribution is 0.140. The monoisotopic (exact) mass is 194 g/mol. The molecule has 0 amide bonds. The molecule has 2 unspecified atom stereocenters. The second kappa shape index (κ2) is 4.80. The van der Waals surface area contributed by atoms with Crippen molar-refractivity contribution in [2.24, 2.45) is 5.92 Å². The molecule has 14 heavy (non-hydrogen) atoms. The first kappa shape index (κ1) is 10.8. The molecule has 0 saturated heterocycles. The predicted octanol–water partition coefficient (Wildman–Crippen LogP) is 1.23. The largest absolute Gasteiger partial charge is 0.497 e. The molecule has 1 aliphatic rings. The maximum atomic E-state index is 10.6. The van der Waals surface area contributed by atoms with Crippen molar-refractivity contribution < 1.29 is 14.6 Å². The van der Waals surface area contributed by atoms with E-state index in [1.54, 1.807) is 18.2 Å². The molecule has 0 radical (unpaired) electrons. The Morgan fingerprint density at radius 1 is 1.71 bits per heavy atom. The van der Waals surface area contributed by atoms with E-state index in [1.807, 2.05) is 12.9 Å². The normalized spacial score (nSPS) is 22.6. The van der Waals surface area contributed by atoms with Crippen molar-refractivity contribution >= 4 is 5.94 Å². The van der Waals surface area contributed by atoms with Crippen molar-refractivity contribution in [3.05, 3.63) is 29.6 Å². The highest BCUT2D eigenvalue weighted by Gasteiger charge is 2.22. The maximum absolute atomic E-state index is 10.6. The Hall–Kier alpha value is -1.31. The minimum absolute atomic E-state index is 0.253. The van der Waals surface area contributed by atoms with E-state index in [1.165, 1.54) is 7.11 Å². The summed E-state index contributed by atoms with van der Waals surface area (Å²) >= 11 is 0. The summed E-state index contributed by atoms with van der Waals surface area (Å²) in [6, 6.07) is 0. The average Bonchev–Trinajstić information content (AvgIpc) is 2.27. The van der Waals surface area contributed by atoms with Crippen LogP contribution in [0.3, 0.4) is 0 Å². The van der Waals surface area contributed by atoms with Crippen LogP contribution in [0.15, 0.2) is 29.6 Å². The van der Waals surface area contributed by atoms with E-state index < -0.39 is 6.10 Å². The third-order valence-electron chi connectivity index (χ3n) is 2.31. The first-order valence-corrected chi connectivity index (χ1v) is 4.59. The molecule has 3 nitrogen and oxygen atoms in total. The van der Waals surface area contributed by atoms with Gasteiger partial charge in [-0.25, -0.2) is 4.79 Å². The standard InChI is InChI=1S/C11H14O3/c1-3-11(13)10-5-4-9(14-2)6-8(10)7-12/h4-6,10-11,13H,3H2,1-2H3. The fourth-order valence-electron chi connectivity index (χ4n) is 1.41. The van der Waals surface area contributed by atoms with Gasteiger partial charge in [-0.2, -0.15) is 0 Å². The molecule has 1 rings (SSSR count). The summed E-state index contributed by atoms with van der Waals surface area (Å²) < 4.78 is 4.98. The van der Waals surface area contributed by atoms with Crippen molar-refractivity contribution in [2.75, 3.05) is 7.11 Å². The van der Waals surface area contributed by atoms with Gasteiger partial charge in [0.2, 0.25) is 0 Å². The molecule has 76 valence electrons. The molecule has 0 fully saturated rings. The summed E-state index contributed by atoms with van der Waals surface area (Å²) in [6.45, 7) is 1.87. The Morgan fingerprint density at radius 3 is 2.93 bits per heavy atom. The topological polar surface area (TPSA) is 46.5 Å². The summed E-state index contributed by atoms with van der Waals surface area (Å²) in [4.78, 5) is 10.6. The minimum Gasteiger partial charge on any atom is -0.497 e. The van der Waals surface area contributed by atoms with E-state index in [9.17, 15) is 9.90 Å². The van der Waals surface area contributed by atoms with Crippen molar-refractivity contribution in [1.82, 2.24) is 0 Å². The number of rotatable bonds is 3. The van der Waals surface area contributed by atoms with Gasteiger partial charge < -0.3 is 9.84 Å². The molecule has 0 aromatic carbocycles. The van der Waals surface area contributed by atoms with Crippen LogP contribution >= 0.6 is 0 Å². The van der Waals surface area contributed by atoms with Crippen LogP contribution in [0, 0.1) is 5.92 Å². The molecule has 0 spiro atoms. The third-order valence-corrected chi connectivity index (χ3v) is 2.31. The lowest BCUT2D eigenvalue weighted by atomic mass is 9.89. The van der Waals surface area contributed by atoms with Gasteiger partial charge in [0.15, 0.2) is 0 Å². The quantitative estimate of drug-likeness (QED) is 0.687. The van der Waals surface area contributed by atoms with E-state index in [-0.39, 0.29) is 5.92 Å². The molecule has 1 N–H and O–H groups in total. The van der Waals surface area contributed by atoms with E-state index in [0.29, 0.717) is 17.8 Å². The SMILES string of the molecule is CCC(O)C1C=CC(OC)=CC1=C=O. The van der Waals surface area contributed by atoms with Crippen LogP contribution in [-0.2, 0) is 9.53 Å². The summed E-state index contributed by atoms with van der Waals surface area (Å²) in [5, 5.41) is 9.62. The van der Waals surface area contributed by atoms with Gasteiger partial charge in [-0.3, -0.25) is 0 Å². The molecule has 0 aromatic rings. The highest BCUT2D eigenvalue weighted by atomic mass is 16.5. The summed E-state index contributed by atoms with van der Waals surface area (Å²) in [6.07, 6.45) is 5.21. The number of hydrogen-bond donors (Lipinski definition) is 1. The lowest BCUT2D eigenvalue weighted by Gasteiger charge is -2.20. The average molecular weight is 194 g/mol. The summed E-state index contributed by atoms with van der Waals surface area (Å²) in [5.74, 6) is 2.19. The van der Waals surface area contributed by atoms with Gasteiger partial charge in [0.1, 0.15) is 11.7 Å². The molecule has 0 aromatic heterocycles. The smallest absolute Gasteiger partial charge is 0.128 e. The number of aliphatic hydroxyl groups is 1. The van der Waals surface area contributed by atoms with Gasteiger partial charge in [0.25, 0.3) is 0 Å². The van der Waals surface area contributed by atoms with E-state index in [4.69, 9.17) is 4.74 Å². The number of aliphatic hydroxyl groups excluding tert-OH is 1. The van der Waals surface area contributed by atoms with Crippen LogP contribution < -0.4 is 0 Å². The summed E-state index contributed by atoms with van der Waals surface area (Å²) in [7, 11) is 1.54. The Balaban J connectivity index is 2.90. The van der Waals surface area contributed by atoms with Gasteiger partial charge in [-0.1, -0.05) is 13.0 Å². The Bertz CT molecular complexity index is 308. The maximum Gasteiger partial charge on any atom is 0.128 e. The number of hydrogen-bond acceptors (Lipinski definition) is 3. The zero-order chi connectivity index (χ0) is 10.6. The fourth-order valence-corrected chi connectivity index (χ4v) is 1.41. The second-order valence-electron chi connectivity index (χ2n) is 3.17. The second-order valence-corrected chi connectivity index (χ2v) is 3.17. The molecule has 3 heteroatoms. The first-order chi connectivity index (χ1) is 6.72. The van der Waals surface area contributed by atoms with E-state index in [2.05, 4.69) is 0 Å². The molecular weight excluding hydrogens is 180 g/mol. The first-order valence-electron chi connectivity index (χ1n) is 4.59. The van der Waals surface area contributed by atoms with Crippen LogP contribution in [0.1, 0.15) is 13.3 Å². The minimum atomic E-state index is -0.530. The zero-order valence-electron chi connectivity index (χ0n) is 8.36. The van der Waals surface area contributed by atoms with Crippen LogP contribution in [0.5, 0.6) is 0 Å². The van der Waals surface area contributed by atoms with E-state index >= 15 is 0 Å². The Kier molecular flexibility index (Phi) is 3.69. The molecule has 0 bridgehead atoms. The van der Waals surface area contributed by atoms with Gasteiger partial charge in [-0.15, -0.1) is 0 Å².